The molecule has 0 saturated heterocycles. The fourth-order valence-electron chi connectivity index (χ4n) is 3.07. The molecule has 0 fully saturated rings. The molecule has 0 radical (unpaired) electrons. The van der Waals surface area contributed by atoms with Crippen LogP contribution in [0.5, 0.6) is 0 Å². The summed E-state index contributed by atoms with van der Waals surface area (Å²) in [7, 11) is 3.60. The predicted octanol–water partition coefficient (Wildman–Crippen LogP) is 3.53. The molecule has 0 bridgehead atoms. The van der Waals surface area contributed by atoms with Gasteiger partial charge >= 0.3 is 0 Å². The summed E-state index contributed by atoms with van der Waals surface area (Å²) in [5, 5.41) is 2.83. The van der Waals surface area contributed by atoms with Gasteiger partial charge in [-0.2, -0.15) is 0 Å². The van der Waals surface area contributed by atoms with Crippen LogP contribution in [0.2, 0.25) is 0 Å². The first-order valence-electron chi connectivity index (χ1n) is 9.55. The van der Waals surface area contributed by atoms with E-state index in [4.69, 9.17) is 0 Å². The number of amides is 2. The van der Waals surface area contributed by atoms with Gasteiger partial charge in [-0.1, -0.05) is 41.5 Å². The van der Waals surface area contributed by atoms with Gasteiger partial charge in [0.15, 0.2) is 0 Å². The van der Waals surface area contributed by atoms with Gasteiger partial charge in [-0.3, -0.25) is 14.5 Å². The van der Waals surface area contributed by atoms with E-state index in [2.05, 4.69) is 37.4 Å². The molecule has 1 unspecified atom stereocenters. The average Bonchev–Trinajstić information content (AvgIpc) is 2.64. The van der Waals surface area contributed by atoms with Gasteiger partial charge in [0.25, 0.3) is 0 Å². The van der Waals surface area contributed by atoms with E-state index in [1.54, 1.807) is 7.05 Å². The summed E-state index contributed by atoms with van der Waals surface area (Å²) < 4.78 is 0. The monoisotopic (exact) mass is 381 g/mol. The third-order valence-corrected chi connectivity index (χ3v) is 5.03. The Bertz CT molecular complexity index is 830. The standard InChI is InChI=1S/C23H31N3O2/c1-16-8-11-21(12-9-16)24-22(27)15-26(6)23(28)19(4)25(5)14-20-10-7-17(2)13-18(20)3/h7-13,19H,14-15H2,1-6H3,(H,24,27). The SMILES string of the molecule is Cc1ccc(NC(=O)CN(C)C(=O)C(C)N(C)Cc2ccc(C)cc2C)cc1. The summed E-state index contributed by atoms with van der Waals surface area (Å²) in [6, 6.07) is 13.6. The summed E-state index contributed by atoms with van der Waals surface area (Å²) >= 11 is 0. The van der Waals surface area contributed by atoms with E-state index >= 15 is 0 Å². The number of likely N-dealkylation sites (N-methyl/N-ethyl adjacent to an activating group) is 2. The predicted molar refractivity (Wildman–Crippen MR) is 114 cm³/mol. The van der Waals surface area contributed by atoms with Crippen LogP contribution in [0.1, 0.15) is 29.2 Å². The van der Waals surface area contributed by atoms with E-state index in [9.17, 15) is 9.59 Å². The fourth-order valence-corrected chi connectivity index (χ4v) is 3.07. The van der Waals surface area contributed by atoms with Crippen molar-refractivity contribution in [2.45, 2.75) is 40.3 Å². The molecule has 0 heterocycles. The first-order valence-corrected chi connectivity index (χ1v) is 9.55. The van der Waals surface area contributed by atoms with E-state index in [-0.39, 0.29) is 24.4 Å². The Hall–Kier alpha value is -2.66. The minimum absolute atomic E-state index is 0.0223. The summed E-state index contributed by atoms with van der Waals surface area (Å²) in [4.78, 5) is 28.5. The van der Waals surface area contributed by atoms with Crippen molar-refractivity contribution in [2.75, 3.05) is 26.0 Å². The second kappa shape index (κ2) is 9.51. The number of anilines is 1. The molecular weight excluding hydrogens is 350 g/mol. The molecule has 0 aliphatic rings. The second-order valence-electron chi connectivity index (χ2n) is 7.63. The Morgan fingerprint density at radius 2 is 1.57 bits per heavy atom. The fraction of sp³-hybridized carbons (Fsp3) is 0.391. The molecule has 150 valence electrons. The van der Waals surface area contributed by atoms with Crippen LogP contribution in [0.4, 0.5) is 5.69 Å². The number of hydrogen-bond acceptors (Lipinski definition) is 3. The molecule has 2 aromatic rings. The molecule has 0 spiro atoms. The normalized spacial score (nSPS) is 12.0. The first-order chi connectivity index (χ1) is 13.2. The van der Waals surface area contributed by atoms with Crippen LogP contribution in [0.3, 0.4) is 0 Å². The largest absolute Gasteiger partial charge is 0.335 e. The zero-order valence-corrected chi connectivity index (χ0v) is 17.7. The maximum Gasteiger partial charge on any atom is 0.243 e. The van der Waals surface area contributed by atoms with E-state index in [1.807, 2.05) is 50.1 Å². The van der Waals surface area contributed by atoms with Crippen molar-refractivity contribution >= 4 is 17.5 Å². The van der Waals surface area contributed by atoms with Gasteiger partial charge in [0.05, 0.1) is 12.6 Å². The minimum atomic E-state index is -0.321. The van der Waals surface area contributed by atoms with E-state index in [0.29, 0.717) is 6.54 Å². The van der Waals surface area contributed by atoms with Crippen LogP contribution in [0.25, 0.3) is 0 Å². The van der Waals surface area contributed by atoms with Crippen molar-refractivity contribution in [3.05, 3.63) is 64.7 Å². The lowest BCUT2D eigenvalue weighted by atomic mass is 10.0. The lowest BCUT2D eigenvalue weighted by Crippen LogP contribution is -2.46. The minimum Gasteiger partial charge on any atom is -0.335 e. The summed E-state index contributed by atoms with van der Waals surface area (Å²) in [6.45, 7) is 8.73. The molecule has 0 aromatic heterocycles. The number of carbonyl (C=O) groups is 2. The number of benzene rings is 2. The van der Waals surface area contributed by atoms with Crippen LogP contribution < -0.4 is 5.32 Å². The van der Waals surface area contributed by atoms with E-state index in [1.165, 1.54) is 21.6 Å². The van der Waals surface area contributed by atoms with Gasteiger partial charge in [-0.05, 0) is 58.0 Å². The maximum atomic E-state index is 12.8. The van der Waals surface area contributed by atoms with Gasteiger partial charge in [0, 0.05) is 19.3 Å². The Labute approximate surface area is 168 Å². The Morgan fingerprint density at radius 1 is 0.964 bits per heavy atom. The lowest BCUT2D eigenvalue weighted by molar-refractivity contribution is -0.137. The smallest absolute Gasteiger partial charge is 0.243 e. The van der Waals surface area contributed by atoms with Crippen molar-refractivity contribution in [3.8, 4) is 0 Å². The Kier molecular flexibility index (Phi) is 7.35. The molecule has 2 amide bonds. The van der Waals surface area contributed by atoms with E-state index in [0.717, 1.165) is 11.3 Å². The highest BCUT2D eigenvalue weighted by atomic mass is 16.2. The highest BCUT2D eigenvalue weighted by Crippen LogP contribution is 2.14. The Morgan fingerprint density at radius 3 is 2.18 bits per heavy atom. The van der Waals surface area contributed by atoms with Gasteiger partial charge < -0.3 is 10.2 Å². The van der Waals surface area contributed by atoms with Gasteiger partial charge in [-0.25, -0.2) is 0 Å². The number of aryl methyl sites for hydroxylation is 3. The van der Waals surface area contributed by atoms with E-state index < -0.39 is 0 Å². The van der Waals surface area contributed by atoms with Gasteiger partial charge in [0.2, 0.25) is 11.8 Å². The maximum absolute atomic E-state index is 12.8. The van der Waals surface area contributed by atoms with Crippen LogP contribution in [-0.2, 0) is 16.1 Å². The lowest BCUT2D eigenvalue weighted by Gasteiger charge is -2.28. The van der Waals surface area contributed by atoms with Crippen molar-refractivity contribution in [1.29, 1.82) is 0 Å². The quantitative estimate of drug-likeness (QED) is 0.798. The topological polar surface area (TPSA) is 52.7 Å². The Balaban J connectivity index is 1.91. The molecule has 2 aromatic carbocycles. The number of rotatable bonds is 7. The number of carbonyl (C=O) groups excluding carboxylic acids is 2. The average molecular weight is 382 g/mol. The van der Waals surface area contributed by atoms with Crippen molar-refractivity contribution in [3.63, 3.8) is 0 Å². The van der Waals surface area contributed by atoms with Crippen LogP contribution in [0, 0.1) is 20.8 Å². The summed E-state index contributed by atoms with van der Waals surface area (Å²) in [5.74, 6) is -0.282. The molecule has 0 aliphatic heterocycles. The van der Waals surface area contributed by atoms with Crippen molar-refractivity contribution < 1.29 is 9.59 Å². The zero-order valence-electron chi connectivity index (χ0n) is 17.7. The summed E-state index contributed by atoms with van der Waals surface area (Å²) in [6.07, 6.45) is 0. The first kappa shape index (κ1) is 21.6. The molecule has 2 rings (SSSR count). The second-order valence-corrected chi connectivity index (χ2v) is 7.63. The van der Waals surface area contributed by atoms with Gasteiger partial charge in [0.1, 0.15) is 0 Å². The molecule has 5 heteroatoms. The number of nitrogens with zero attached hydrogens (tertiary/aromatic N) is 2. The third kappa shape index (κ3) is 5.92. The molecule has 1 N–H and O–H groups in total. The highest BCUT2D eigenvalue weighted by Gasteiger charge is 2.23. The highest BCUT2D eigenvalue weighted by molar-refractivity contribution is 5.95. The van der Waals surface area contributed by atoms with Crippen molar-refractivity contribution in [1.82, 2.24) is 9.80 Å². The van der Waals surface area contributed by atoms with Crippen LogP contribution >= 0.6 is 0 Å². The molecular formula is C23H31N3O2. The van der Waals surface area contributed by atoms with Crippen LogP contribution in [0.15, 0.2) is 42.5 Å². The third-order valence-electron chi connectivity index (χ3n) is 5.03. The van der Waals surface area contributed by atoms with Gasteiger partial charge in [-0.15, -0.1) is 0 Å². The van der Waals surface area contributed by atoms with Crippen molar-refractivity contribution in [2.24, 2.45) is 0 Å². The summed E-state index contributed by atoms with van der Waals surface area (Å²) in [5.41, 5.74) is 5.51. The molecule has 1 atom stereocenters. The number of hydrogen-bond donors (Lipinski definition) is 1. The molecule has 0 saturated carbocycles. The zero-order chi connectivity index (χ0) is 20.8. The van der Waals surface area contributed by atoms with Crippen LogP contribution in [-0.4, -0.2) is 48.3 Å². The molecule has 28 heavy (non-hydrogen) atoms. The number of nitrogens with one attached hydrogen (secondary N) is 1. The molecule has 5 nitrogen and oxygen atoms in total. The molecule has 0 aliphatic carbocycles.